The average Bonchev–Trinajstić information content (AvgIpc) is 3.37. The number of hydrogen-bond donors (Lipinski definition) is 2. The van der Waals surface area contributed by atoms with E-state index in [4.69, 9.17) is 16.3 Å². The zero-order valence-electron chi connectivity index (χ0n) is 16.2. The van der Waals surface area contributed by atoms with E-state index < -0.39 is 6.03 Å². The van der Waals surface area contributed by atoms with Crippen molar-refractivity contribution in [2.75, 3.05) is 10.6 Å². The van der Waals surface area contributed by atoms with Gasteiger partial charge in [0, 0.05) is 10.0 Å². The van der Waals surface area contributed by atoms with E-state index in [0.29, 0.717) is 27.9 Å². The summed E-state index contributed by atoms with van der Waals surface area (Å²) in [5.74, 6) is 0.596. The molecule has 3 heterocycles. The summed E-state index contributed by atoms with van der Waals surface area (Å²) in [5.41, 5.74) is 3.30. The molecule has 0 saturated heterocycles. The van der Waals surface area contributed by atoms with Gasteiger partial charge in [-0.15, -0.1) is 0 Å². The number of nitrogens with one attached hydrogen (secondary N) is 2. The Hall–Kier alpha value is -2.23. The molecule has 1 atom stereocenters. The number of anilines is 2. The third-order valence-electron chi connectivity index (χ3n) is 4.56. The van der Waals surface area contributed by atoms with Crippen LogP contribution in [0.2, 0.25) is 5.02 Å². The lowest BCUT2D eigenvalue weighted by molar-refractivity contribution is 0.0518. The van der Waals surface area contributed by atoms with Crippen LogP contribution in [0.3, 0.4) is 0 Å². The van der Waals surface area contributed by atoms with E-state index in [0.717, 1.165) is 28.6 Å². The molecule has 1 fully saturated rings. The van der Waals surface area contributed by atoms with E-state index in [9.17, 15) is 4.79 Å². The summed E-state index contributed by atoms with van der Waals surface area (Å²) >= 11 is 9.84. The van der Waals surface area contributed by atoms with Crippen molar-refractivity contribution in [3.8, 4) is 0 Å². The molecule has 0 aromatic carbocycles. The number of amides is 2. The molecule has 2 N–H and O–H groups in total. The predicted molar refractivity (Wildman–Crippen MR) is 115 cm³/mol. The lowest BCUT2D eigenvalue weighted by atomic mass is 10.1. The zero-order chi connectivity index (χ0) is 20.7. The SMILES string of the molecule is Cc1nc2c(Cl)cc(NC(=O)Nc3cnc(C)c(Br)c3C(C)OC3CC3)cn2n1. The predicted octanol–water partition coefficient (Wildman–Crippen LogP) is 5.04. The summed E-state index contributed by atoms with van der Waals surface area (Å²) in [7, 11) is 0. The van der Waals surface area contributed by atoms with Crippen LogP contribution in [0.1, 0.15) is 43.0 Å². The third-order valence-corrected chi connectivity index (χ3v) is 5.84. The van der Waals surface area contributed by atoms with Gasteiger partial charge in [0.05, 0.1) is 46.7 Å². The summed E-state index contributed by atoms with van der Waals surface area (Å²) in [5, 5.41) is 10.3. The molecular formula is C19H20BrClN6O2. The first-order chi connectivity index (χ1) is 13.8. The third kappa shape index (κ3) is 4.36. The molecule has 1 saturated carbocycles. The number of nitrogens with zero attached hydrogens (tertiary/aromatic N) is 4. The van der Waals surface area contributed by atoms with Gasteiger partial charge in [0.15, 0.2) is 5.65 Å². The van der Waals surface area contributed by atoms with Gasteiger partial charge >= 0.3 is 6.03 Å². The van der Waals surface area contributed by atoms with Crippen LogP contribution in [-0.2, 0) is 4.74 Å². The molecule has 3 aromatic rings. The summed E-state index contributed by atoms with van der Waals surface area (Å²) in [6, 6.07) is 1.21. The molecule has 0 radical (unpaired) electrons. The number of hydrogen-bond acceptors (Lipinski definition) is 5. The Morgan fingerprint density at radius 2 is 2.14 bits per heavy atom. The Bertz CT molecular complexity index is 1100. The molecule has 1 aliphatic rings. The molecule has 4 rings (SSSR count). The maximum absolute atomic E-state index is 12.6. The number of aromatic nitrogens is 4. The van der Waals surface area contributed by atoms with Crippen molar-refractivity contribution in [2.45, 2.75) is 45.8 Å². The second kappa shape index (κ2) is 7.89. The molecular weight excluding hydrogens is 460 g/mol. The minimum atomic E-state index is -0.422. The highest BCUT2D eigenvalue weighted by Gasteiger charge is 2.28. The van der Waals surface area contributed by atoms with Crippen molar-refractivity contribution in [1.82, 2.24) is 19.6 Å². The Morgan fingerprint density at radius 1 is 1.38 bits per heavy atom. The highest BCUT2D eigenvalue weighted by molar-refractivity contribution is 9.10. The van der Waals surface area contributed by atoms with E-state index in [1.54, 1.807) is 25.4 Å². The maximum atomic E-state index is 12.6. The lowest BCUT2D eigenvalue weighted by Crippen LogP contribution is -2.22. The maximum Gasteiger partial charge on any atom is 0.323 e. The summed E-state index contributed by atoms with van der Waals surface area (Å²) in [6.45, 7) is 5.65. The van der Waals surface area contributed by atoms with Crippen LogP contribution in [0.5, 0.6) is 0 Å². The number of urea groups is 1. The zero-order valence-corrected chi connectivity index (χ0v) is 18.5. The lowest BCUT2D eigenvalue weighted by Gasteiger charge is -2.20. The number of ether oxygens (including phenoxy) is 1. The molecule has 0 aliphatic heterocycles. The smallest absolute Gasteiger partial charge is 0.323 e. The number of carbonyl (C=O) groups is 1. The molecule has 0 bridgehead atoms. The fourth-order valence-corrected chi connectivity index (χ4v) is 3.95. The molecule has 2 amide bonds. The second-order valence-electron chi connectivity index (χ2n) is 7.05. The molecule has 3 aromatic heterocycles. The fourth-order valence-electron chi connectivity index (χ4n) is 3.06. The Labute approximate surface area is 181 Å². The van der Waals surface area contributed by atoms with Crippen LogP contribution >= 0.6 is 27.5 Å². The summed E-state index contributed by atoms with van der Waals surface area (Å²) < 4.78 is 8.39. The summed E-state index contributed by atoms with van der Waals surface area (Å²) in [4.78, 5) is 21.2. The van der Waals surface area contributed by atoms with E-state index in [2.05, 4.69) is 41.6 Å². The van der Waals surface area contributed by atoms with Gasteiger partial charge in [0.1, 0.15) is 5.82 Å². The topological polar surface area (TPSA) is 93.4 Å². The Kier molecular flexibility index (Phi) is 5.46. The number of fused-ring (bicyclic) bond motifs is 1. The molecule has 1 unspecified atom stereocenters. The highest BCUT2D eigenvalue weighted by Crippen LogP contribution is 2.38. The molecule has 29 heavy (non-hydrogen) atoms. The van der Waals surface area contributed by atoms with E-state index in [1.807, 2.05) is 13.8 Å². The van der Waals surface area contributed by atoms with E-state index >= 15 is 0 Å². The number of carbonyl (C=O) groups excluding carboxylic acids is 1. The van der Waals surface area contributed by atoms with Gasteiger partial charge in [-0.1, -0.05) is 11.6 Å². The van der Waals surface area contributed by atoms with Crippen molar-refractivity contribution >= 4 is 50.6 Å². The van der Waals surface area contributed by atoms with Crippen molar-refractivity contribution in [3.05, 3.63) is 45.0 Å². The highest BCUT2D eigenvalue weighted by atomic mass is 79.9. The number of pyridine rings is 2. The van der Waals surface area contributed by atoms with Crippen LogP contribution < -0.4 is 10.6 Å². The Balaban J connectivity index is 1.56. The van der Waals surface area contributed by atoms with Crippen LogP contribution in [0.25, 0.3) is 5.65 Å². The number of halogens is 2. The van der Waals surface area contributed by atoms with Gasteiger partial charge in [-0.3, -0.25) is 4.98 Å². The first-order valence-electron chi connectivity index (χ1n) is 9.23. The average molecular weight is 480 g/mol. The van der Waals surface area contributed by atoms with Crippen molar-refractivity contribution in [2.24, 2.45) is 0 Å². The Morgan fingerprint density at radius 3 is 2.86 bits per heavy atom. The van der Waals surface area contributed by atoms with Crippen LogP contribution in [0.15, 0.2) is 22.9 Å². The molecule has 8 nitrogen and oxygen atoms in total. The minimum Gasteiger partial charge on any atom is -0.370 e. The van der Waals surface area contributed by atoms with Gasteiger partial charge in [-0.05, 0) is 55.6 Å². The molecule has 10 heteroatoms. The van der Waals surface area contributed by atoms with Crippen molar-refractivity contribution < 1.29 is 9.53 Å². The van der Waals surface area contributed by atoms with Gasteiger partial charge in [0.2, 0.25) is 0 Å². The molecule has 152 valence electrons. The monoisotopic (exact) mass is 478 g/mol. The first kappa shape index (κ1) is 20.1. The van der Waals surface area contributed by atoms with Crippen molar-refractivity contribution in [3.63, 3.8) is 0 Å². The minimum absolute atomic E-state index is 0.183. The van der Waals surface area contributed by atoms with Crippen LogP contribution in [0.4, 0.5) is 16.2 Å². The largest absolute Gasteiger partial charge is 0.370 e. The van der Waals surface area contributed by atoms with Gasteiger partial charge in [-0.25, -0.2) is 14.3 Å². The first-order valence-corrected chi connectivity index (χ1v) is 10.4. The van der Waals surface area contributed by atoms with Crippen LogP contribution in [0, 0.1) is 13.8 Å². The van der Waals surface area contributed by atoms with Crippen molar-refractivity contribution in [1.29, 1.82) is 0 Å². The summed E-state index contributed by atoms with van der Waals surface area (Å²) in [6.07, 6.45) is 5.54. The standard InChI is InChI=1S/C19H20BrClN6O2/c1-9-17(20)16(10(2)29-13-4-5-13)15(7-22-9)25-19(28)24-12-6-14(21)18-23-11(3)26-27(18)8-12/h6-8,10,13H,4-5H2,1-3H3,(H2,24,25,28). The van der Waals surface area contributed by atoms with Crippen LogP contribution in [-0.4, -0.2) is 31.7 Å². The van der Waals surface area contributed by atoms with E-state index in [-0.39, 0.29) is 12.2 Å². The molecule has 1 aliphatic carbocycles. The van der Waals surface area contributed by atoms with Gasteiger partial charge < -0.3 is 15.4 Å². The van der Waals surface area contributed by atoms with Gasteiger partial charge in [-0.2, -0.15) is 5.10 Å². The second-order valence-corrected chi connectivity index (χ2v) is 8.25. The number of rotatable bonds is 5. The number of aryl methyl sites for hydroxylation is 2. The molecule has 0 spiro atoms. The normalized spacial score (nSPS) is 14.8. The quantitative estimate of drug-likeness (QED) is 0.535. The van der Waals surface area contributed by atoms with Gasteiger partial charge in [0.25, 0.3) is 0 Å². The van der Waals surface area contributed by atoms with E-state index in [1.165, 1.54) is 4.52 Å². The fraction of sp³-hybridized carbons (Fsp3) is 0.368.